The molecule has 0 amide bonds. The lowest BCUT2D eigenvalue weighted by Gasteiger charge is -2.04. The van der Waals surface area contributed by atoms with E-state index in [2.05, 4.69) is 11.7 Å². The van der Waals surface area contributed by atoms with Crippen molar-refractivity contribution in [1.82, 2.24) is 9.78 Å². The maximum absolute atomic E-state index is 5.71. The molecule has 0 bridgehead atoms. The molecule has 1 aromatic carbocycles. The summed E-state index contributed by atoms with van der Waals surface area (Å²) in [6.07, 6.45) is 3.66. The van der Waals surface area contributed by atoms with Gasteiger partial charge in [-0.2, -0.15) is 5.10 Å². The van der Waals surface area contributed by atoms with Crippen molar-refractivity contribution in [1.29, 1.82) is 0 Å². The Hall–Kier alpha value is -1.54. The van der Waals surface area contributed by atoms with Gasteiger partial charge >= 0.3 is 0 Å². The van der Waals surface area contributed by atoms with Gasteiger partial charge in [-0.15, -0.1) is 11.6 Å². The summed E-state index contributed by atoms with van der Waals surface area (Å²) in [6, 6.07) is 9.90. The molecule has 1 heterocycles. The van der Waals surface area contributed by atoms with Crippen LogP contribution in [0.2, 0.25) is 0 Å². The average molecular weight is 219 g/mol. The van der Waals surface area contributed by atoms with E-state index in [1.54, 1.807) is 6.20 Å². The number of allylic oxidation sites excluding steroid dienone is 1. The van der Waals surface area contributed by atoms with Gasteiger partial charge in [-0.1, -0.05) is 18.7 Å². The first-order valence-corrected chi connectivity index (χ1v) is 5.19. The lowest BCUT2D eigenvalue weighted by atomic mass is 10.1. The molecule has 1 aromatic heterocycles. The third kappa shape index (κ3) is 2.10. The Kier molecular flexibility index (Phi) is 2.88. The molecule has 2 rings (SSSR count). The van der Waals surface area contributed by atoms with Crippen LogP contribution in [0.5, 0.6) is 0 Å². The van der Waals surface area contributed by atoms with Gasteiger partial charge < -0.3 is 0 Å². The van der Waals surface area contributed by atoms with Crippen LogP contribution >= 0.6 is 11.6 Å². The summed E-state index contributed by atoms with van der Waals surface area (Å²) in [7, 11) is 0. The second kappa shape index (κ2) is 4.32. The van der Waals surface area contributed by atoms with Crippen LogP contribution in [0.3, 0.4) is 0 Å². The van der Waals surface area contributed by atoms with Crippen molar-refractivity contribution in [2.24, 2.45) is 0 Å². The van der Waals surface area contributed by atoms with Crippen LogP contribution in [0.25, 0.3) is 11.3 Å². The summed E-state index contributed by atoms with van der Waals surface area (Å²) in [4.78, 5) is 0. The third-order valence-corrected chi connectivity index (χ3v) is 2.53. The van der Waals surface area contributed by atoms with Crippen molar-refractivity contribution in [3.05, 3.63) is 54.9 Å². The summed E-state index contributed by atoms with van der Waals surface area (Å²) in [5, 5.41) is 4.15. The Morgan fingerprint density at radius 1 is 1.33 bits per heavy atom. The Morgan fingerprint density at radius 2 is 2.07 bits per heavy atom. The predicted molar refractivity (Wildman–Crippen MR) is 63.3 cm³/mol. The number of hydrogen-bond acceptors (Lipinski definition) is 1. The van der Waals surface area contributed by atoms with Gasteiger partial charge in [0.15, 0.2) is 0 Å². The summed E-state index contributed by atoms with van der Waals surface area (Å²) in [5.74, 6) is 0.459. The van der Waals surface area contributed by atoms with E-state index in [9.17, 15) is 0 Å². The van der Waals surface area contributed by atoms with E-state index >= 15 is 0 Å². The van der Waals surface area contributed by atoms with E-state index in [-0.39, 0.29) is 0 Å². The Labute approximate surface area is 93.8 Å². The predicted octanol–water partition coefficient (Wildman–Crippen LogP) is 3.12. The molecule has 0 saturated carbocycles. The Bertz CT molecular complexity index is 443. The fourth-order valence-electron chi connectivity index (χ4n) is 1.35. The highest BCUT2D eigenvalue weighted by Crippen LogP contribution is 2.16. The highest BCUT2D eigenvalue weighted by Gasteiger charge is 1.99. The van der Waals surface area contributed by atoms with Gasteiger partial charge in [0.25, 0.3) is 0 Å². The molecule has 0 saturated heterocycles. The van der Waals surface area contributed by atoms with Gasteiger partial charge in [0, 0.05) is 18.3 Å². The van der Waals surface area contributed by atoms with Crippen molar-refractivity contribution < 1.29 is 0 Å². The number of nitrogens with zero attached hydrogens (tertiary/aromatic N) is 2. The van der Waals surface area contributed by atoms with E-state index < -0.39 is 0 Å². The largest absolute Gasteiger partial charge is 0.241 e. The van der Waals surface area contributed by atoms with Crippen LogP contribution in [0.4, 0.5) is 0 Å². The molecular formula is C12H11ClN2. The second-order valence-corrected chi connectivity index (χ2v) is 3.50. The van der Waals surface area contributed by atoms with Crippen LogP contribution in [0, 0.1) is 0 Å². The maximum atomic E-state index is 5.71. The standard InChI is InChI=1S/C12H11ClN2/c1-10(9-13)11-3-5-12(6-4-11)15-8-2-7-14-15/h2-8H,1,9H2. The monoisotopic (exact) mass is 218 g/mol. The fourth-order valence-corrected chi connectivity index (χ4v) is 1.50. The van der Waals surface area contributed by atoms with Gasteiger partial charge in [0.05, 0.1) is 5.69 Å². The minimum absolute atomic E-state index is 0.459. The molecule has 0 aliphatic carbocycles. The first kappa shape index (κ1) is 9.99. The molecule has 2 aromatic rings. The number of hydrogen-bond donors (Lipinski definition) is 0. The Morgan fingerprint density at radius 3 is 2.60 bits per heavy atom. The zero-order valence-corrected chi connectivity index (χ0v) is 8.98. The smallest absolute Gasteiger partial charge is 0.0645 e. The number of aromatic nitrogens is 2. The van der Waals surface area contributed by atoms with Gasteiger partial charge in [-0.3, -0.25) is 0 Å². The fraction of sp³-hybridized carbons (Fsp3) is 0.0833. The molecule has 76 valence electrons. The first-order valence-electron chi connectivity index (χ1n) is 4.65. The molecule has 0 radical (unpaired) electrons. The number of rotatable bonds is 3. The van der Waals surface area contributed by atoms with Crippen LogP contribution in [0.1, 0.15) is 5.56 Å². The number of alkyl halides is 1. The minimum Gasteiger partial charge on any atom is -0.241 e. The molecule has 0 aliphatic heterocycles. The average Bonchev–Trinajstić information content (AvgIpc) is 2.82. The molecule has 0 spiro atoms. The van der Waals surface area contributed by atoms with Crippen LogP contribution < -0.4 is 0 Å². The van der Waals surface area contributed by atoms with E-state index in [1.165, 1.54) is 0 Å². The van der Waals surface area contributed by atoms with E-state index in [0.717, 1.165) is 16.8 Å². The molecule has 0 unspecified atom stereocenters. The molecule has 0 aliphatic rings. The van der Waals surface area contributed by atoms with Gasteiger partial charge in [0.1, 0.15) is 0 Å². The summed E-state index contributed by atoms with van der Waals surface area (Å²) < 4.78 is 1.81. The number of benzene rings is 1. The molecule has 3 heteroatoms. The van der Waals surface area contributed by atoms with Gasteiger partial charge in [0.2, 0.25) is 0 Å². The van der Waals surface area contributed by atoms with Crippen molar-refractivity contribution in [3.8, 4) is 5.69 Å². The molecule has 2 nitrogen and oxygen atoms in total. The van der Waals surface area contributed by atoms with Crippen LogP contribution in [-0.4, -0.2) is 15.7 Å². The van der Waals surface area contributed by atoms with Crippen molar-refractivity contribution in [2.75, 3.05) is 5.88 Å². The van der Waals surface area contributed by atoms with Gasteiger partial charge in [-0.05, 0) is 29.3 Å². The van der Waals surface area contributed by atoms with Crippen LogP contribution in [0.15, 0.2) is 49.3 Å². The molecule has 0 fully saturated rings. The van der Waals surface area contributed by atoms with E-state index in [4.69, 9.17) is 11.6 Å². The minimum atomic E-state index is 0.459. The normalized spacial score (nSPS) is 10.2. The number of halogens is 1. The zero-order valence-electron chi connectivity index (χ0n) is 8.23. The quantitative estimate of drug-likeness (QED) is 0.724. The first-order chi connectivity index (χ1) is 7.31. The van der Waals surface area contributed by atoms with E-state index in [0.29, 0.717) is 5.88 Å². The lowest BCUT2D eigenvalue weighted by molar-refractivity contribution is 0.880. The highest BCUT2D eigenvalue weighted by molar-refractivity contribution is 6.23. The van der Waals surface area contributed by atoms with Crippen molar-refractivity contribution in [3.63, 3.8) is 0 Å². The summed E-state index contributed by atoms with van der Waals surface area (Å²) in [5.41, 5.74) is 3.04. The lowest BCUT2D eigenvalue weighted by Crippen LogP contribution is -1.94. The maximum Gasteiger partial charge on any atom is 0.0645 e. The molecular weight excluding hydrogens is 208 g/mol. The van der Waals surface area contributed by atoms with Crippen LogP contribution in [-0.2, 0) is 0 Å². The molecule has 15 heavy (non-hydrogen) atoms. The molecule has 0 N–H and O–H groups in total. The Balaban J connectivity index is 2.29. The second-order valence-electron chi connectivity index (χ2n) is 3.23. The topological polar surface area (TPSA) is 17.8 Å². The van der Waals surface area contributed by atoms with Crippen molar-refractivity contribution in [2.45, 2.75) is 0 Å². The highest BCUT2D eigenvalue weighted by atomic mass is 35.5. The van der Waals surface area contributed by atoms with Gasteiger partial charge in [-0.25, -0.2) is 4.68 Å². The summed E-state index contributed by atoms with van der Waals surface area (Å²) in [6.45, 7) is 3.88. The van der Waals surface area contributed by atoms with E-state index in [1.807, 2.05) is 41.2 Å². The molecule has 0 atom stereocenters. The van der Waals surface area contributed by atoms with Crippen molar-refractivity contribution >= 4 is 17.2 Å². The SMILES string of the molecule is C=C(CCl)c1ccc(-n2cccn2)cc1. The zero-order chi connectivity index (χ0) is 10.7. The third-order valence-electron chi connectivity index (χ3n) is 2.21. The summed E-state index contributed by atoms with van der Waals surface area (Å²) >= 11 is 5.71.